The number of fused-ring (bicyclic) bond motifs is 1. The van der Waals surface area contributed by atoms with Crippen molar-refractivity contribution in [3.05, 3.63) is 57.3 Å². The number of benzene rings is 1. The van der Waals surface area contributed by atoms with Crippen LogP contribution in [0.1, 0.15) is 30.9 Å². The third kappa shape index (κ3) is 4.30. The molecule has 0 spiro atoms. The first kappa shape index (κ1) is 21.7. The van der Waals surface area contributed by atoms with Crippen LogP contribution in [0, 0.1) is 12.8 Å². The third-order valence-electron chi connectivity index (χ3n) is 5.53. The molecule has 1 aliphatic heterocycles. The minimum atomic E-state index is -3.61. The molecule has 4 rings (SSSR count). The molecule has 3 aromatic rings. The Bertz CT molecular complexity index is 1280. The number of carbonyl (C=O) groups is 1. The first-order valence-electron chi connectivity index (χ1n) is 10.1. The summed E-state index contributed by atoms with van der Waals surface area (Å²) >= 11 is 1.16. The van der Waals surface area contributed by atoms with Gasteiger partial charge in [-0.25, -0.2) is 13.2 Å². The number of hydrogen-bond donors (Lipinski definition) is 0. The van der Waals surface area contributed by atoms with Gasteiger partial charge in [0, 0.05) is 30.6 Å². The van der Waals surface area contributed by atoms with Gasteiger partial charge in [0.2, 0.25) is 0 Å². The predicted octanol–water partition coefficient (Wildman–Crippen LogP) is 3.73. The van der Waals surface area contributed by atoms with Crippen LogP contribution in [0.3, 0.4) is 0 Å². The van der Waals surface area contributed by atoms with Gasteiger partial charge in [0.1, 0.15) is 15.5 Å². The van der Waals surface area contributed by atoms with Gasteiger partial charge in [-0.3, -0.25) is 4.79 Å². The van der Waals surface area contributed by atoms with Gasteiger partial charge in [0.15, 0.2) is 0 Å². The van der Waals surface area contributed by atoms with Crippen LogP contribution in [-0.2, 0) is 21.2 Å². The van der Waals surface area contributed by atoms with E-state index in [1.54, 1.807) is 23.6 Å². The number of rotatable bonds is 5. The number of nitrogens with zero attached hydrogens (tertiary/aromatic N) is 1. The monoisotopic (exact) mass is 461 g/mol. The zero-order valence-corrected chi connectivity index (χ0v) is 18.9. The fraction of sp³-hybridized carbons (Fsp3) is 0.364. The number of aryl methyl sites for hydroxylation is 2. The fourth-order valence-electron chi connectivity index (χ4n) is 3.84. The van der Waals surface area contributed by atoms with E-state index in [2.05, 4.69) is 0 Å². The average molecular weight is 462 g/mol. The number of ether oxygens (including phenoxy) is 1. The number of esters is 1. The van der Waals surface area contributed by atoms with E-state index in [9.17, 15) is 18.0 Å². The summed E-state index contributed by atoms with van der Waals surface area (Å²) in [5.41, 5.74) is 1.50. The molecule has 7 nitrogen and oxygen atoms in total. The van der Waals surface area contributed by atoms with E-state index >= 15 is 0 Å². The van der Waals surface area contributed by atoms with Gasteiger partial charge in [-0.1, -0.05) is 13.0 Å². The van der Waals surface area contributed by atoms with Crippen molar-refractivity contribution in [2.75, 3.05) is 13.1 Å². The van der Waals surface area contributed by atoms with Crippen LogP contribution in [0.4, 0.5) is 0 Å². The summed E-state index contributed by atoms with van der Waals surface area (Å²) < 4.78 is 38.3. The van der Waals surface area contributed by atoms with E-state index in [1.807, 2.05) is 19.9 Å². The van der Waals surface area contributed by atoms with Gasteiger partial charge in [0.05, 0.1) is 5.92 Å². The van der Waals surface area contributed by atoms with Crippen LogP contribution in [0.5, 0.6) is 5.75 Å². The number of hydrogen-bond acceptors (Lipinski definition) is 7. The first-order chi connectivity index (χ1) is 14.8. The summed E-state index contributed by atoms with van der Waals surface area (Å²) in [6.07, 6.45) is 1.76. The Morgan fingerprint density at radius 2 is 2.13 bits per heavy atom. The zero-order chi connectivity index (χ0) is 22.2. The highest BCUT2D eigenvalue weighted by Gasteiger charge is 2.35. The van der Waals surface area contributed by atoms with E-state index in [0.717, 1.165) is 27.8 Å². The summed E-state index contributed by atoms with van der Waals surface area (Å²) in [6, 6.07) is 8.13. The van der Waals surface area contributed by atoms with Crippen molar-refractivity contribution >= 4 is 38.3 Å². The first-order valence-corrected chi connectivity index (χ1v) is 12.4. The van der Waals surface area contributed by atoms with Crippen molar-refractivity contribution in [2.24, 2.45) is 5.92 Å². The second-order valence-electron chi connectivity index (χ2n) is 7.61. The Hall–Kier alpha value is -2.49. The molecule has 1 aliphatic rings. The van der Waals surface area contributed by atoms with E-state index in [1.165, 1.54) is 10.4 Å². The second-order valence-corrected chi connectivity index (χ2v) is 10.7. The maximum Gasteiger partial charge on any atom is 0.336 e. The van der Waals surface area contributed by atoms with Crippen molar-refractivity contribution in [1.82, 2.24) is 4.31 Å². The minimum absolute atomic E-state index is 0.0856. The minimum Gasteiger partial charge on any atom is -0.426 e. The fourth-order valence-corrected chi connectivity index (χ4v) is 6.51. The standard InChI is InChI=1S/C22H23NO6S2/c1-3-15-11-17-14(2)10-20(24)28-19(17)12-18(15)29-22(25)16-6-4-8-23(13-16)31(26,27)21-7-5-9-30-21/h5,7,9-12,16H,3-4,6,8,13H2,1-2H3. The molecule has 1 atom stereocenters. The molecule has 164 valence electrons. The van der Waals surface area contributed by atoms with Crippen LogP contribution >= 0.6 is 11.3 Å². The largest absolute Gasteiger partial charge is 0.426 e. The molecule has 0 aliphatic carbocycles. The summed E-state index contributed by atoms with van der Waals surface area (Å²) in [4.78, 5) is 24.7. The number of sulfonamides is 1. The SMILES string of the molecule is CCc1cc2c(C)cc(=O)oc2cc1OC(=O)C1CCCN(S(=O)(=O)c2cccs2)C1. The van der Waals surface area contributed by atoms with Gasteiger partial charge >= 0.3 is 11.6 Å². The molecular formula is C22H23NO6S2. The van der Waals surface area contributed by atoms with E-state index in [-0.39, 0.29) is 10.8 Å². The molecule has 3 heterocycles. The number of piperidine rings is 1. The van der Waals surface area contributed by atoms with Gasteiger partial charge in [-0.15, -0.1) is 11.3 Å². The van der Waals surface area contributed by atoms with Crippen molar-refractivity contribution in [3.63, 3.8) is 0 Å². The zero-order valence-electron chi connectivity index (χ0n) is 17.3. The Labute approximate surface area is 184 Å². The normalized spacial score (nSPS) is 17.7. The van der Waals surface area contributed by atoms with Crippen molar-refractivity contribution in [1.29, 1.82) is 0 Å². The average Bonchev–Trinajstić information content (AvgIpc) is 3.29. The lowest BCUT2D eigenvalue weighted by Gasteiger charge is -2.30. The predicted molar refractivity (Wildman–Crippen MR) is 118 cm³/mol. The maximum atomic E-state index is 12.9. The van der Waals surface area contributed by atoms with Crippen LogP contribution in [0.2, 0.25) is 0 Å². The Kier molecular flexibility index (Phi) is 6.00. The molecule has 31 heavy (non-hydrogen) atoms. The molecule has 1 fully saturated rings. The molecular weight excluding hydrogens is 438 g/mol. The number of carbonyl (C=O) groups excluding carboxylic acids is 1. The molecule has 0 N–H and O–H groups in total. The third-order valence-corrected chi connectivity index (χ3v) is 8.77. The molecule has 2 aromatic heterocycles. The van der Waals surface area contributed by atoms with Crippen LogP contribution < -0.4 is 10.4 Å². The Morgan fingerprint density at radius 1 is 1.32 bits per heavy atom. The van der Waals surface area contributed by atoms with Crippen LogP contribution in [0.15, 0.2) is 49.1 Å². The molecule has 0 bridgehead atoms. The van der Waals surface area contributed by atoms with Crippen LogP contribution in [0.25, 0.3) is 11.0 Å². The van der Waals surface area contributed by atoms with E-state index in [0.29, 0.717) is 37.1 Å². The topological polar surface area (TPSA) is 93.9 Å². The summed E-state index contributed by atoms with van der Waals surface area (Å²) in [5, 5.41) is 2.51. The van der Waals surface area contributed by atoms with E-state index in [4.69, 9.17) is 9.15 Å². The van der Waals surface area contributed by atoms with Gasteiger partial charge in [-0.05, 0) is 54.8 Å². The lowest BCUT2D eigenvalue weighted by molar-refractivity contribution is -0.140. The molecule has 0 saturated carbocycles. The lowest BCUT2D eigenvalue weighted by Crippen LogP contribution is -2.43. The van der Waals surface area contributed by atoms with E-state index < -0.39 is 27.5 Å². The van der Waals surface area contributed by atoms with Crippen molar-refractivity contribution in [2.45, 2.75) is 37.3 Å². The van der Waals surface area contributed by atoms with Gasteiger partial charge in [-0.2, -0.15) is 4.31 Å². The highest BCUT2D eigenvalue weighted by molar-refractivity contribution is 7.91. The smallest absolute Gasteiger partial charge is 0.336 e. The van der Waals surface area contributed by atoms with Crippen molar-refractivity contribution in [3.8, 4) is 5.75 Å². The van der Waals surface area contributed by atoms with Crippen molar-refractivity contribution < 1.29 is 22.4 Å². The Morgan fingerprint density at radius 3 is 2.84 bits per heavy atom. The van der Waals surface area contributed by atoms with Crippen LogP contribution in [-0.4, -0.2) is 31.8 Å². The molecule has 1 aromatic carbocycles. The summed E-state index contributed by atoms with van der Waals surface area (Å²) in [7, 11) is -3.61. The molecule has 0 radical (unpaired) electrons. The molecule has 1 unspecified atom stereocenters. The highest BCUT2D eigenvalue weighted by Crippen LogP contribution is 2.31. The lowest BCUT2D eigenvalue weighted by atomic mass is 10.00. The molecule has 0 amide bonds. The quantitative estimate of drug-likeness (QED) is 0.326. The van der Waals surface area contributed by atoms with Gasteiger partial charge < -0.3 is 9.15 Å². The van der Waals surface area contributed by atoms with Gasteiger partial charge in [0.25, 0.3) is 10.0 Å². The number of thiophene rings is 1. The summed E-state index contributed by atoms with van der Waals surface area (Å²) in [5.74, 6) is -0.699. The highest BCUT2D eigenvalue weighted by atomic mass is 32.2. The maximum absolute atomic E-state index is 12.9. The second kappa shape index (κ2) is 8.57. The Balaban J connectivity index is 1.58. The molecule has 9 heteroatoms. The summed E-state index contributed by atoms with van der Waals surface area (Å²) in [6.45, 7) is 4.24. The molecule has 1 saturated heterocycles.